The highest BCUT2D eigenvalue weighted by Gasteiger charge is 2.26. The molecule has 0 radical (unpaired) electrons. The highest BCUT2D eigenvalue weighted by Crippen LogP contribution is 2.14. The standard InChI is InChI=1S/C20H23NO7S/c1-3-26-19(22)18(21-20(23)27-13-16-7-5-4-6-8-16)14-28-29(24,25)17-11-9-15(2)10-12-17/h4-12,18H,3,13-14H2,1-2H3,(H,21,23). The Morgan fingerprint density at radius 1 is 1.00 bits per heavy atom. The fourth-order valence-electron chi connectivity index (χ4n) is 2.25. The first kappa shape index (κ1) is 22.4. The lowest BCUT2D eigenvalue weighted by atomic mass is 10.2. The van der Waals surface area contributed by atoms with Crippen molar-refractivity contribution in [1.82, 2.24) is 5.32 Å². The van der Waals surface area contributed by atoms with Crippen LogP contribution in [0.15, 0.2) is 59.5 Å². The molecule has 0 saturated carbocycles. The molecular weight excluding hydrogens is 398 g/mol. The summed E-state index contributed by atoms with van der Waals surface area (Å²) in [5.74, 6) is -0.830. The highest BCUT2D eigenvalue weighted by atomic mass is 32.2. The van der Waals surface area contributed by atoms with Crippen molar-refractivity contribution < 1.29 is 31.7 Å². The van der Waals surface area contributed by atoms with E-state index in [1.807, 2.05) is 13.0 Å². The smallest absolute Gasteiger partial charge is 0.408 e. The molecule has 1 amide bonds. The van der Waals surface area contributed by atoms with E-state index in [0.29, 0.717) is 0 Å². The van der Waals surface area contributed by atoms with Gasteiger partial charge in [0.1, 0.15) is 6.61 Å². The second-order valence-corrected chi connectivity index (χ2v) is 7.68. The third-order valence-corrected chi connectivity index (χ3v) is 5.07. The van der Waals surface area contributed by atoms with E-state index < -0.39 is 34.8 Å². The average Bonchev–Trinajstić information content (AvgIpc) is 2.71. The summed E-state index contributed by atoms with van der Waals surface area (Å²) in [5.41, 5.74) is 1.64. The van der Waals surface area contributed by atoms with Gasteiger partial charge in [0.15, 0.2) is 6.04 Å². The summed E-state index contributed by atoms with van der Waals surface area (Å²) in [6.07, 6.45) is -0.900. The number of amides is 1. The SMILES string of the molecule is CCOC(=O)C(COS(=O)(=O)c1ccc(C)cc1)NC(=O)OCc1ccccc1. The summed E-state index contributed by atoms with van der Waals surface area (Å²) in [6, 6.07) is 13.6. The molecule has 156 valence electrons. The number of hydrogen-bond donors (Lipinski definition) is 1. The summed E-state index contributed by atoms with van der Waals surface area (Å²) in [4.78, 5) is 24.0. The van der Waals surface area contributed by atoms with Crippen LogP contribution in [0.25, 0.3) is 0 Å². The maximum atomic E-state index is 12.3. The van der Waals surface area contributed by atoms with Crippen molar-refractivity contribution in [2.75, 3.05) is 13.2 Å². The molecular formula is C20H23NO7S. The number of hydrogen-bond acceptors (Lipinski definition) is 7. The van der Waals surface area contributed by atoms with E-state index in [1.165, 1.54) is 12.1 Å². The van der Waals surface area contributed by atoms with Crippen LogP contribution in [0.2, 0.25) is 0 Å². The van der Waals surface area contributed by atoms with Crippen molar-refractivity contribution in [1.29, 1.82) is 0 Å². The normalized spacial score (nSPS) is 12.1. The van der Waals surface area contributed by atoms with Crippen molar-refractivity contribution in [2.24, 2.45) is 0 Å². The van der Waals surface area contributed by atoms with Gasteiger partial charge in [-0.2, -0.15) is 8.42 Å². The van der Waals surface area contributed by atoms with Crippen molar-refractivity contribution in [3.8, 4) is 0 Å². The quantitative estimate of drug-likeness (QED) is 0.490. The van der Waals surface area contributed by atoms with Crippen molar-refractivity contribution in [3.05, 3.63) is 65.7 Å². The molecule has 0 saturated heterocycles. The van der Waals surface area contributed by atoms with Crippen molar-refractivity contribution >= 4 is 22.2 Å². The third-order valence-electron chi connectivity index (χ3n) is 3.78. The van der Waals surface area contributed by atoms with Crippen LogP contribution in [0.3, 0.4) is 0 Å². The number of aryl methyl sites for hydroxylation is 1. The van der Waals surface area contributed by atoms with Gasteiger partial charge in [0.05, 0.1) is 18.1 Å². The van der Waals surface area contributed by atoms with E-state index in [9.17, 15) is 18.0 Å². The molecule has 0 bridgehead atoms. The van der Waals surface area contributed by atoms with Crippen LogP contribution in [-0.4, -0.2) is 39.7 Å². The number of alkyl carbamates (subject to hydrolysis) is 1. The number of esters is 1. The van der Waals surface area contributed by atoms with Gasteiger partial charge in [-0.3, -0.25) is 4.18 Å². The van der Waals surface area contributed by atoms with Crippen LogP contribution in [0.5, 0.6) is 0 Å². The molecule has 1 N–H and O–H groups in total. The van der Waals surface area contributed by atoms with Gasteiger partial charge in [0.2, 0.25) is 0 Å². The van der Waals surface area contributed by atoms with Crippen molar-refractivity contribution in [2.45, 2.75) is 31.4 Å². The van der Waals surface area contributed by atoms with Gasteiger partial charge in [-0.05, 0) is 31.5 Å². The Hall–Kier alpha value is -2.91. The van der Waals surface area contributed by atoms with Gasteiger partial charge in [-0.25, -0.2) is 9.59 Å². The predicted octanol–water partition coefficient (Wildman–Crippen LogP) is 2.56. The molecule has 2 rings (SSSR count). The molecule has 0 spiro atoms. The van der Waals surface area contributed by atoms with Gasteiger partial charge >= 0.3 is 12.1 Å². The number of rotatable bonds is 9. The second-order valence-electron chi connectivity index (χ2n) is 6.06. The molecule has 8 nitrogen and oxygen atoms in total. The van der Waals surface area contributed by atoms with Gasteiger partial charge in [-0.15, -0.1) is 0 Å². The topological polar surface area (TPSA) is 108 Å². The zero-order valence-electron chi connectivity index (χ0n) is 16.2. The lowest BCUT2D eigenvalue weighted by Crippen LogP contribution is -2.45. The molecule has 0 aliphatic rings. The van der Waals surface area contributed by atoms with E-state index in [0.717, 1.165) is 11.1 Å². The van der Waals surface area contributed by atoms with Crippen LogP contribution in [0.1, 0.15) is 18.1 Å². The molecule has 2 aromatic carbocycles. The average molecular weight is 421 g/mol. The number of nitrogens with one attached hydrogen (secondary N) is 1. The molecule has 0 aliphatic carbocycles. The maximum absolute atomic E-state index is 12.3. The first-order valence-electron chi connectivity index (χ1n) is 8.91. The zero-order chi connectivity index (χ0) is 21.3. The summed E-state index contributed by atoms with van der Waals surface area (Å²) in [5, 5.41) is 2.28. The minimum Gasteiger partial charge on any atom is -0.464 e. The Kier molecular flexibility index (Phi) is 8.17. The number of carbonyl (C=O) groups excluding carboxylic acids is 2. The number of benzene rings is 2. The second kappa shape index (κ2) is 10.6. The molecule has 9 heteroatoms. The van der Waals surface area contributed by atoms with Gasteiger partial charge in [0.25, 0.3) is 10.1 Å². The first-order chi connectivity index (χ1) is 13.8. The highest BCUT2D eigenvalue weighted by molar-refractivity contribution is 7.86. The summed E-state index contributed by atoms with van der Waals surface area (Å²) >= 11 is 0. The van der Waals surface area contributed by atoms with Gasteiger partial charge in [0, 0.05) is 0 Å². The van der Waals surface area contributed by atoms with E-state index in [-0.39, 0.29) is 18.1 Å². The molecule has 1 atom stereocenters. The van der Waals surface area contributed by atoms with E-state index in [1.54, 1.807) is 43.3 Å². The van der Waals surface area contributed by atoms with Crippen LogP contribution in [-0.2, 0) is 35.2 Å². The number of ether oxygens (including phenoxy) is 2. The Morgan fingerprint density at radius 2 is 1.66 bits per heavy atom. The maximum Gasteiger partial charge on any atom is 0.408 e. The molecule has 0 aromatic heterocycles. The summed E-state index contributed by atoms with van der Waals surface area (Å²) < 4.78 is 39.5. The third kappa shape index (κ3) is 7.20. The van der Waals surface area contributed by atoms with Crippen molar-refractivity contribution in [3.63, 3.8) is 0 Å². The predicted molar refractivity (Wildman–Crippen MR) is 105 cm³/mol. The molecule has 29 heavy (non-hydrogen) atoms. The minimum atomic E-state index is -4.11. The molecule has 0 fully saturated rings. The molecule has 2 aromatic rings. The van der Waals surface area contributed by atoms with E-state index >= 15 is 0 Å². The largest absolute Gasteiger partial charge is 0.464 e. The molecule has 0 heterocycles. The van der Waals surface area contributed by atoms with Crippen LogP contribution < -0.4 is 5.32 Å². The van der Waals surface area contributed by atoms with Gasteiger partial charge in [-0.1, -0.05) is 48.0 Å². The van der Waals surface area contributed by atoms with E-state index in [2.05, 4.69) is 5.32 Å². The molecule has 0 aliphatic heterocycles. The fourth-order valence-corrected chi connectivity index (χ4v) is 3.17. The Morgan fingerprint density at radius 3 is 2.28 bits per heavy atom. The summed E-state index contributed by atoms with van der Waals surface area (Å²) in [7, 11) is -4.11. The van der Waals surface area contributed by atoms with Crippen LogP contribution in [0.4, 0.5) is 4.79 Å². The Labute approximate surface area is 169 Å². The monoisotopic (exact) mass is 421 g/mol. The Balaban J connectivity index is 1.99. The number of carbonyl (C=O) groups is 2. The van der Waals surface area contributed by atoms with Crippen LogP contribution in [0, 0.1) is 6.92 Å². The van der Waals surface area contributed by atoms with Crippen LogP contribution >= 0.6 is 0 Å². The molecule has 1 unspecified atom stereocenters. The Bertz CT molecular complexity index is 912. The zero-order valence-corrected chi connectivity index (χ0v) is 17.0. The lowest BCUT2D eigenvalue weighted by molar-refractivity contribution is -0.146. The minimum absolute atomic E-state index is 0.00919. The lowest BCUT2D eigenvalue weighted by Gasteiger charge is -2.17. The van der Waals surface area contributed by atoms with Gasteiger partial charge < -0.3 is 14.8 Å². The van der Waals surface area contributed by atoms with E-state index in [4.69, 9.17) is 13.7 Å². The summed E-state index contributed by atoms with van der Waals surface area (Å²) in [6.45, 7) is 2.83. The first-order valence-corrected chi connectivity index (χ1v) is 10.3. The fraction of sp³-hybridized carbons (Fsp3) is 0.300.